The molecular formula is C28H42N4O4. The number of benzene rings is 1. The van der Waals surface area contributed by atoms with Gasteiger partial charge in [-0.3, -0.25) is 9.59 Å². The number of ether oxygens (including phenoxy) is 1. The second-order valence-corrected chi connectivity index (χ2v) is 9.04. The summed E-state index contributed by atoms with van der Waals surface area (Å²) in [5.74, 6) is 0.554. The van der Waals surface area contributed by atoms with Gasteiger partial charge in [-0.05, 0) is 74.9 Å². The van der Waals surface area contributed by atoms with Crippen molar-refractivity contribution in [3.8, 4) is 5.75 Å². The van der Waals surface area contributed by atoms with Crippen LogP contribution < -0.4 is 15.4 Å². The maximum atomic E-state index is 12.5. The Morgan fingerprint density at radius 1 is 0.889 bits per heavy atom. The van der Waals surface area contributed by atoms with E-state index in [0.717, 1.165) is 31.5 Å². The molecule has 1 aromatic heterocycles. The second-order valence-electron chi connectivity index (χ2n) is 9.04. The zero-order valence-corrected chi connectivity index (χ0v) is 22.1. The first-order chi connectivity index (χ1) is 17.5. The van der Waals surface area contributed by atoms with Crippen LogP contribution in [-0.4, -0.2) is 39.3 Å². The normalized spacial score (nSPS) is 19.1. The molecule has 1 amide bonds. The van der Waals surface area contributed by atoms with Gasteiger partial charge in [-0.1, -0.05) is 47.0 Å². The monoisotopic (exact) mass is 498 g/mol. The first-order valence-corrected chi connectivity index (χ1v) is 13.4. The second kappa shape index (κ2) is 15.8. The lowest BCUT2D eigenvalue weighted by molar-refractivity contribution is -0.143. The van der Waals surface area contributed by atoms with Crippen molar-refractivity contribution in [2.24, 2.45) is 5.92 Å². The number of hydrogen-bond donors (Lipinski definition) is 3. The van der Waals surface area contributed by atoms with Gasteiger partial charge in [-0.2, -0.15) is 0 Å². The van der Waals surface area contributed by atoms with Crippen LogP contribution in [0, 0.1) is 5.92 Å². The van der Waals surface area contributed by atoms with Gasteiger partial charge in [0.2, 0.25) is 0 Å². The van der Waals surface area contributed by atoms with Crippen molar-refractivity contribution >= 4 is 23.5 Å². The number of carbonyl (C=O) groups excluding carboxylic acids is 1. The number of carboxylic acids is 1. The van der Waals surface area contributed by atoms with Crippen LogP contribution in [-0.2, 0) is 4.79 Å². The van der Waals surface area contributed by atoms with Crippen LogP contribution in [0.3, 0.4) is 0 Å². The molecule has 0 aliphatic heterocycles. The summed E-state index contributed by atoms with van der Waals surface area (Å²) in [5, 5.41) is 23.5. The molecule has 4 rings (SSSR count). The summed E-state index contributed by atoms with van der Waals surface area (Å²) >= 11 is 0. The van der Waals surface area contributed by atoms with E-state index in [0.29, 0.717) is 36.0 Å². The van der Waals surface area contributed by atoms with E-state index in [1.807, 2.05) is 19.9 Å². The van der Waals surface area contributed by atoms with E-state index >= 15 is 0 Å². The highest BCUT2D eigenvalue weighted by Gasteiger charge is 2.27. The lowest BCUT2D eigenvalue weighted by Gasteiger charge is -2.26. The highest BCUT2D eigenvalue weighted by atomic mass is 16.5. The maximum absolute atomic E-state index is 12.5. The van der Waals surface area contributed by atoms with E-state index in [4.69, 9.17) is 9.84 Å². The van der Waals surface area contributed by atoms with Gasteiger partial charge in [-0.25, -0.2) is 0 Å². The Morgan fingerprint density at radius 3 is 1.97 bits per heavy atom. The summed E-state index contributed by atoms with van der Waals surface area (Å²) in [6, 6.07) is 11.0. The fraction of sp³-hybridized carbons (Fsp3) is 0.571. The van der Waals surface area contributed by atoms with E-state index in [1.54, 1.807) is 30.3 Å². The molecule has 2 aliphatic carbocycles. The molecule has 8 nitrogen and oxygen atoms in total. The third kappa shape index (κ3) is 9.47. The lowest BCUT2D eigenvalue weighted by Crippen LogP contribution is -2.27. The summed E-state index contributed by atoms with van der Waals surface area (Å²) in [4.78, 5) is 23.5. The number of nitrogens with one attached hydrogen (secondary N) is 2. The zero-order valence-electron chi connectivity index (χ0n) is 22.1. The first-order valence-electron chi connectivity index (χ1n) is 13.4. The van der Waals surface area contributed by atoms with Gasteiger partial charge in [0.05, 0.1) is 12.0 Å². The van der Waals surface area contributed by atoms with Gasteiger partial charge in [0, 0.05) is 11.6 Å². The predicted molar refractivity (Wildman–Crippen MR) is 144 cm³/mol. The van der Waals surface area contributed by atoms with Gasteiger partial charge in [0.15, 0.2) is 5.82 Å². The van der Waals surface area contributed by atoms with E-state index in [2.05, 4.69) is 34.7 Å². The minimum absolute atomic E-state index is 0.0157. The topological polar surface area (TPSA) is 113 Å². The minimum Gasteiger partial charge on any atom is -0.490 e. The van der Waals surface area contributed by atoms with Crippen LogP contribution in [0.2, 0.25) is 0 Å². The van der Waals surface area contributed by atoms with Crippen molar-refractivity contribution in [1.82, 2.24) is 10.2 Å². The number of aliphatic carboxylic acids is 1. The minimum atomic E-state index is -0.724. The number of aromatic nitrogens is 2. The Bertz CT molecular complexity index is 904. The summed E-state index contributed by atoms with van der Waals surface area (Å²) in [5.41, 5.74) is 0.497. The largest absolute Gasteiger partial charge is 0.490 e. The van der Waals surface area contributed by atoms with Crippen LogP contribution in [0.5, 0.6) is 5.75 Å². The van der Waals surface area contributed by atoms with Gasteiger partial charge < -0.3 is 20.5 Å². The number of carboxylic acid groups (broad SMARTS) is 1. The Labute approximate surface area is 215 Å². The van der Waals surface area contributed by atoms with E-state index in [-0.39, 0.29) is 17.9 Å². The lowest BCUT2D eigenvalue weighted by atomic mass is 9.87. The average Bonchev–Trinajstić information content (AvgIpc) is 3.41. The number of hydrogen-bond acceptors (Lipinski definition) is 6. The summed E-state index contributed by atoms with van der Waals surface area (Å²) in [6.45, 7) is 8.25. The Balaban J connectivity index is 0.000000850. The molecule has 1 aromatic carbocycles. The third-order valence-electron chi connectivity index (χ3n) is 6.06. The molecule has 8 heteroatoms. The number of amides is 1. The number of rotatable bonds is 7. The van der Waals surface area contributed by atoms with Crippen molar-refractivity contribution in [2.45, 2.75) is 97.6 Å². The fourth-order valence-corrected chi connectivity index (χ4v) is 4.25. The third-order valence-corrected chi connectivity index (χ3v) is 6.06. The highest BCUT2D eigenvalue weighted by molar-refractivity contribution is 6.03. The van der Waals surface area contributed by atoms with E-state index in [1.165, 1.54) is 19.3 Å². The maximum Gasteiger partial charge on any atom is 0.306 e. The molecule has 0 bridgehead atoms. The molecular weight excluding hydrogens is 456 g/mol. The predicted octanol–water partition coefficient (Wildman–Crippen LogP) is 6.55. The fourth-order valence-electron chi connectivity index (χ4n) is 4.25. The number of anilines is 2. The van der Waals surface area contributed by atoms with Crippen molar-refractivity contribution < 1.29 is 19.4 Å². The van der Waals surface area contributed by atoms with E-state index < -0.39 is 5.97 Å². The summed E-state index contributed by atoms with van der Waals surface area (Å²) < 4.78 is 5.95. The molecule has 0 unspecified atom stereocenters. The molecule has 0 radical (unpaired) electrons. The Hall–Kier alpha value is -3.16. The smallest absolute Gasteiger partial charge is 0.306 e. The van der Waals surface area contributed by atoms with Crippen molar-refractivity contribution in [1.29, 1.82) is 0 Å². The van der Waals surface area contributed by atoms with Crippen molar-refractivity contribution in [3.63, 3.8) is 0 Å². The molecule has 2 aromatic rings. The molecule has 0 atom stereocenters. The summed E-state index contributed by atoms with van der Waals surface area (Å²) in [7, 11) is 0. The standard InChI is InChI=1S/C23H28N4O4.C3H8.C2H6/c28-22(25-21-14-13-20(26-27-21)24-17-3-1-2-4-17)15-5-9-18(10-6-15)31-19-11-7-16(8-12-19)23(29)30;1-3-2;1-2/h5-6,9-10,13-14,16-17,19H,1-4,7-8,11-12H2,(H,24,26)(H,29,30)(H,25,27,28);3H2,1-2H3;1-2H3. The Kier molecular flexibility index (Phi) is 12.7. The quantitative estimate of drug-likeness (QED) is 0.397. The first kappa shape index (κ1) is 29.1. The molecule has 0 saturated heterocycles. The molecule has 2 saturated carbocycles. The van der Waals surface area contributed by atoms with Crippen LogP contribution in [0.1, 0.15) is 95.8 Å². The van der Waals surface area contributed by atoms with E-state index in [9.17, 15) is 9.59 Å². The van der Waals surface area contributed by atoms with Crippen molar-refractivity contribution in [3.05, 3.63) is 42.0 Å². The molecule has 0 spiro atoms. The molecule has 2 fully saturated rings. The molecule has 36 heavy (non-hydrogen) atoms. The van der Waals surface area contributed by atoms with Crippen molar-refractivity contribution in [2.75, 3.05) is 10.6 Å². The van der Waals surface area contributed by atoms with Crippen LogP contribution in [0.15, 0.2) is 36.4 Å². The number of nitrogens with zero attached hydrogens (tertiary/aromatic N) is 2. The zero-order chi connectivity index (χ0) is 26.3. The average molecular weight is 499 g/mol. The van der Waals surface area contributed by atoms with Crippen LogP contribution in [0.4, 0.5) is 11.6 Å². The van der Waals surface area contributed by atoms with Gasteiger partial charge in [0.25, 0.3) is 5.91 Å². The number of carbonyl (C=O) groups is 2. The summed E-state index contributed by atoms with van der Waals surface area (Å²) in [6.07, 6.45) is 8.79. The molecule has 198 valence electrons. The molecule has 1 heterocycles. The van der Waals surface area contributed by atoms with Crippen LogP contribution in [0.25, 0.3) is 0 Å². The van der Waals surface area contributed by atoms with Gasteiger partial charge in [-0.15, -0.1) is 10.2 Å². The molecule has 2 aliphatic rings. The van der Waals surface area contributed by atoms with Crippen LogP contribution >= 0.6 is 0 Å². The highest BCUT2D eigenvalue weighted by Crippen LogP contribution is 2.28. The Morgan fingerprint density at radius 2 is 1.44 bits per heavy atom. The van der Waals surface area contributed by atoms with Gasteiger partial charge >= 0.3 is 5.97 Å². The molecule has 3 N–H and O–H groups in total. The SMILES string of the molecule is CC.CCC.O=C(Nc1ccc(NC2CCCC2)nn1)c1ccc(OC2CCC(C(=O)O)CC2)cc1. The van der Waals surface area contributed by atoms with Gasteiger partial charge in [0.1, 0.15) is 11.6 Å².